The molecule has 1 heterocycles. The van der Waals surface area contributed by atoms with Gasteiger partial charge in [0.05, 0.1) is 32.2 Å². The van der Waals surface area contributed by atoms with Crippen molar-refractivity contribution >= 4 is 86.4 Å². The van der Waals surface area contributed by atoms with E-state index in [-0.39, 0.29) is 24.3 Å². The first-order valence-electron chi connectivity index (χ1n) is 10.2. The summed E-state index contributed by atoms with van der Waals surface area (Å²) in [4.78, 5) is 27.0. The van der Waals surface area contributed by atoms with Crippen LogP contribution in [0.2, 0.25) is 15.1 Å². The zero-order chi connectivity index (χ0) is 25.1. The SMILES string of the molecule is COc1cc(/C=C2\SC(=O)N(Cc3ccc(Cl)c(Cl)c3)C2=O)cc(I)c1OCc1ccccc1Cl. The molecule has 0 aliphatic carbocycles. The Kier molecular flexibility index (Phi) is 8.54. The molecule has 0 spiro atoms. The number of methoxy groups -OCH3 is 1. The van der Waals surface area contributed by atoms with Crippen molar-refractivity contribution in [1.29, 1.82) is 0 Å². The summed E-state index contributed by atoms with van der Waals surface area (Å²) in [5.74, 6) is 0.697. The zero-order valence-corrected chi connectivity index (χ0v) is 23.4. The lowest BCUT2D eigenvalue weighted by molar-refractivity contribution is -0.123. The van der Waals surface area contributed by atoms with Gasteiger partial charge < -0.3 is 9.47 Å². The van der Waals surface area contributed by atoms with Crippen LogP contribution in [0.15, 0.2) is 59.5 Å². The van der Waals surface area contributed by atoms with Crippen molar-refractivity contribution in [1.82, 2.24) is 4.90 Å². The molecule has 1 aliphatic rings. The number of thioether (sulfide) groups is 1. The summed E-state index contributed by atoms with van der Waals surface area (Å²) in [6.07, 6.45) is 1.67. The highest BCUT2D eigenvalue weighted by atomic mass is 127. The van der Waals surface area contributed by atoms with E-state index >= 15 is 0 Å². The molecule has 1 fully saturated rings. The standard InChI is InChI=1S/C25H17Cl3INO4S/c1-33-21-10-15(9-20(29)23(21)34-13-16-4-2-3-5-17(16)26)11-22-24(31)30(25(32)35-22)12-14-6-7-18(27)19(28)8-14/h2-11H,12-13H2,1H3/b22-11-. The monoisotopic (exact) mass is 659 g/mol. The summed E-state index contributed by atoms with van der Waals surface area (Å²) in [7, 11) is 1.54. The second-order valence-corrected chi connectivity index (χ2v) is 10.8. The molecule has 1 aliphatic heterocycles. The molecule has 4 rings (SSSR count). The van der Waals surface area contributed by atoms with E-state index in [0.29, 0.717) is 42.6 Å². The molecule has 0 bridgehead atoms. The Morgan fingerprint density at radius 3 is 2.49 bits per heavy atom. The van der Waals surface area contributed by atoms with Crippen LogP contribution in [0.5, 0.6) is 11.5 Å². The van der Waals surface area contributed by atoms with E-state index in [1.165, 1.54) is 4.90 Å². The summed E-state index contributed by atoms with van der Waals surface area (Å²) < 4.78 is 12.3. The summed E-state index contributed by atoms with van der Waals surface area (Å²) >= 11 is 21.3. The average molecular weight is 661 g/mol. The molecular weight excluding hydrogens is 644 g/mol. The predicted octanol–water partition coefficient (Wildman–Crippen LogP) is 8.08. The number of amides is 2. The van der Waals surface area contributed by atoms with Gasteiger partial charge in [-0.2, -0.15) is 0 Å². The Labute approximate surface area is 235 Å². The molecule has 0 unspecified atom stereocenters. The van der Waals surface area contributed by atoms with Gasteiger partial charge in [-0.1, -0.05) is 59.1 Å². The van der Waals surface area contributed by atoms with Gasteiger partial charge in [0.1, 0.15) is 6.61 Å². The van der Waals surface area contributed by atoms with Crippen LogP contribution < -0.4 is 9.47 Å². The first-order chi connectivity index (χ1) is 16.8. The van der Waals surface area contributed by atoms with Gasteiger partial charge in [-0.25, -0.2) is 0 Å². The molecule has 35 heavy (non-hydrogen) atoms. The van der Waals surface area contributed by atoms with Gasteiger partial charge in [0, 0.05) is 10.6 Å². The van der Waals surface area contributed by atoms with E-state index in [4.69, 9.17) is 44.3 Å². The van der Waals surface area contributed by atoms with Crippen LogP contribution in [0.1, 0.15) is 16.7 Å². The van der Waals surface area contributed by atoms with Crippen LogP contribution in [-0.2, 0) is 17.9 Å². The third-order valence-electron chi connectivity index (χ3n) is 5.08. The molecular formula is C25H17Cl3INO4S. The number of carbonyl (C=O) groups is 2. The molecule has 0 aromatic heterocycles. The topological polar surface area (TPSA) is 55.8 Å². The van der Waals surface area contributed by atoms with Crippen LogP contribution in [0, 0.1) is 3.57 Å². The Morgan fingerprint density at radius 2 is 1.77 bits per heavy atom. The van der Waals surface area contributed by atoms with Gasteiger partial charge in [-0.15, -0.1) is 0 Å². The minimum atomic E-state index is -0.376. The van der Waals surface area contributed by atoms with E-state index in [2.05, 4.69) is 22.6 Å². The Morgan fingerprint density at radius 1 is 1.00 bits per heavy atom. The van der Waals surface area contributed by atoms with Crippen LogP contribution >= 0.6 is 69.2 Å². The molecule has 3 aromatic carbocycles. The highest BCUT2D eigenvalue weighted by Gasteiger charge is 2.35. The summed E-state index contributed by atoms with van der Waals surface area (Å²) in [6, 6.07) is 16.1. The third-order valence-corrected chi connectivity index (χ3v) is 7.89. The number of nitrogens with zero attached hydrogens (tertiary/aromatic N) is 1. The van der Waals surface area contributed by atoms with E-state index in [1.54, 1.807) is 43.5 Å². The predicted molar refractivity (Wildman–Crippen MR) is 149 cm³/mol. The largest absolute Gasteiger partial charge is 0.493 e. The van der Waals surface area contributed by atoms with Crippen LogP contribution in [0.25, 0.3) is 6.08 Å². The molecule has 0 saturated carbocycles. The zero-order valence-electron chi connectivity index (χ0n) is 18.2. The number of ether oxygens (including phenoxy) is 2. The molecule has 3 aromatic rings. The molecule has 2 amide bonds. The van der Waals surface area contributed by atoms with Crippen molar-refractivity contribution < 1.29 is 19.1 Å². The second kappa shape index (κ2) is 11.4. The number of hydrogen-bond acceptors (Lipinski definition) is 5. The summed E-state index contributed by atoms with van der Waals surface area (Å²) in [5.41, 5.74) is 2.27. The maximum Gasteiger partial charge on any atom is 0.293 e. The highest BCUT2D eigenvalue weighted by molar-refractivity contribution is 14.1. The van der Waals surface area contributed by atoms with Gasteiger partial charge in [-0.05, 0) is 81.9 Å². The number of benzene rings is 3. The van der Waals surface area contributed by atoms with E-state index in [0.717, 1.165) is 20.9 Å². The second-order valence-electron chi connectivity index (χ2n) is 7.43. The maximum absolute atomic E-state index is 13.0. The molecule has 5 nitrogen and oxygen atoms in total. The fraction of sp³-hybridized carbons (Fsp3) is 0.120. The van der Waals surface area contributed by atoms with Crippen molar-refractivity contribution in [3.8, 4) is 11.5 Å². The Bertz CT molecular complexity index is 1350. The van der Waals surface area contributed by atoms with Gasteiger partial charge in [0.25, 0.3) is 11.1 Å². The molecule has 10 heteroatoms. The first-order valence-corrected chi connectivity index (χ1v) is 13.2. The van der Waals surface area contributed by atoms with Crippen LogP contribution in [-0.4, -0.2) is 23.2 Å². The number of carbonyl (C=O) groups excluding carboxylic acids is 2. The minimum absolute atomic E-state index is 0.106. The van der Waals surface area contributed by atoms with Crippen molar-refractivity contribution in [2.24, 2.45) is 0 Å². The fourth-order valence-corrected chi connectivity index (χ4v) is 5.47. The molecule has 0 N–H and O–H groups in total. The summed E-state index contributed by atoms with van der Waals surface area (Å²) in [6.45, 7) is 0.382. The fourth-order valence-electron chi connectivity index (χ4n) is 3.34. The van der Waals surface area contributed by atoms with Gasteiger partial charge in [0.15, 0.2) is 11.5 Å². The van der Waals surface area contributed by atoms with Crippen molar-refractivity contribution in [2.45, 2.75) is 13.2 Å². The lowest BCUT2D eigenvalue weighted by Gasteiger charge is -2.14. The Hall–Kier alpha value is -1.91. The van der Waals surface area contributed by atoms with Gasteiger partial charge >= 0.3 is 0 Å². The quantitative estimate of drug-likeness (QED) is 0.190. The number of hydrogen-bond donors (Lipinski definition) is 0. The number of imide groups is 1. The lowest BCUT2D eigenvalue weighted by Crippen LogP contribution is -2.27. The Balaban J connectivity index is 1.54. The van der Waals surface area contributed by atoms with Gasteiger partial charge in [0.2, 0.25) is 0 Å². The molecule has 0 atom stereocenters. The minimum Gasteiger partial charge on any atom is -0.493 e. The van der Waals surface area contributed by atoms with Crippen molar-refractivity contribution in [2.75, 3.05) is 7.11 Å². The highest BCUT2D eigenvalue weighted by Crippen LogP contribution is 2.38. The number of rotatable bonds is 7. The lowest BCUT2D eigenvalue weighted by atomic mass is 10.1. The van der Waals surface area contributed by atoms with Crippen LogP contribution in [0.3, 0.4) is 0 Å². The number of halogens is 4. The van der Waals surface area contributed by atoms with Crippen molar-refractivity contribution in [3.63, 3.8) is 0 Å². The normalized spacial score (nSPS) is 14.7. The van der Waals surface area contributed by atoms with E-state index in [9.17, 15) is 9.59 Å². The van der Waals surface area contributed by atoms with Crippen molar-refractivity contribution in [3.05, 3.63) is 94.8 Å². The van der Waals surface area contributed by atoms with Gasteiger partial charge in [-0.3, -0.25) is 14.5 Å². The van der Waals surface area contributed by atoms with E-state index in [1.807, 2.05) is 24.3 Å². The van der Waals surface area contributed by atoms with E-state index < -0.39 is 0 Å². The maximum atomic E-state index is 13.0. The molecule has 180 valence electrons. The average Bonchev–Trinajstić information content (AvgIpc) is 3.08. The smallest absolute Gasteiger partial charge is 0.293 e. The van der Waals surface area contributed by atoms with Crippen LogP contribution in [0.4, 0.5) is 4.79 Å². The molecule has 1 saturated heterocycles. The summed E-state index contributed by atoms with van der Waals surface area (Å²) in [5, 5.41) is 1.04. The third kappa shape index (κ3) is 6.09. The first kappa shape index (κ1) is 26.2. The molecule has 0 radical (unpaired) electrons.